The minimum atomic E-state index is -0.0777. The summed E-state index contributed by atoms with van der Waals surface area (Å²) in [5.41, 5.74) is 23.6. The van der Waals surface area contributed by atoms with Gasteiger partial charge in [0.2, 0.25) is 0 Å². The monoisotopic (exact) mass is 1150 g/mol. The number of aryl methyl sites for hydroxylation is 3. The Morgan fingerprint density at radius 2 is 0.944 bits per heavy atom. The van der Waals surface area contributed by atoms with Gasteiger partial charge >= 0.3 is 0 Å². The molecule has 0 aromatic heterocycles. The molecule has 2 atom stereocenters. The average molecular weight is 1150 g/mol. The first-order valence-electron chi connectivity index (χ1n) is 31.1. The number of hydrogen-bond acceptors (Lipinski definition) is 3. The van der Waals surface area contributed by atoms with Gasteiger partial charge in [0.25, 0.3) is 0 Å². The number of para-hydroxylation sites is 4. The number of anilines is 6. The highest BCUT2D eigenvalue weighted by atomic mass is 15.1. The second-order valence-electron chi connectivity index (χ2n) is 22.8. The first-order valence-corrected chi connectivity index (χ1v) is 31.1. The second kappa shape index (κ2) is 29.7. The van der Waals surface area contributed by atoms with Crippen molar-refractivity contribution in [3.05, 3.63) is 396 Å². The lowest BCUT2D eigenvalue weighted by atomic mass is 9.81. The molecule has 0 N–H and O–H groups in total. The molecular formula is C86H77N3. The molecule has 11 aromatic rings. The number of hydrogen-bond donors (Lipinski definition) is 0. The third-order valence-electron chi connectivity index (χ3n) is 16.5. The molecule has 436 valence electrons. The maximum Gasteiger partial charge on any atom is 0.0781 e. The summed E-state index contributed by atoms with van der Waals surface area (Å²) >= 11 is 0. The van der Waals surface area contributed by atoms with Gasteiger partial charge in [-0.25, -0.2) is 4.99 Å². The Kier molecular flexibility index (Phi) is 20.0. The molecular weight excluding hydrogens is 1070 g/mol. The maximum absolute atomic E-state index is 5.44. The number of aliphatic imine (C=N–C) groups is 1. The molecule has 0 saturated heterocycles. The Hall–Kier alpha value is -10.6. The van der Waals surface area contributed by atoms with E-state index in [0.29, 0.717) is 0 Å². The number of nitrogens with zero attached hydrogens (tertiary/aromatic N) is 3. The minimum Gasteiger partial charge on any atom is -0.311 e. The van der Waals surface area contributed by atoms with Crippen LogP contribution in [0.2, 0.25) is 0 Å². The van der Waals surface area contributed by atoms with Crippen LogP contribution in [0, 0.1) is 20.8 Å². The van der Waals surface area contributed by atoms with E-state index >= 15 is 0 Å². The highest BCUT2D eigenvalue weighted by molar-refractivity contribution is 6.32. The first-order chi connectivity index (χ1) is 43.8. The standard InChI is InChI=1S/C72H59N3.C7H10.C7H8/c1-52-36-46-64(47-37-52)75(70-35-21-19-32-67(70)57-25-10-5-11-26-57)65-48-42-55(43-49-65)54(3)72(73-69-34-20-16-22-53(69)2)60-40-38-58(39-41-60)71(68-33-18-17-31-66(68)56-23-8-4-9-24-56)59-44-50-63(51-45-59)74(61-27-12-6-13-28-61)62-29-14-7-15-30-62;2*1-7-5-3-2-4-6-7/h4-25,27-51,57,71H,3,26H2,1-2H3;3,5-6H,2,4H2,1H3;2-6H,1H3. The molecule has 0 spiro atoms. The van der Waals surface area contributed by atoms with Gasteiger partial charge < -0.3 is 9.80 Å². The van der Waals surface area contributed by atoms with Crippen LogP contribution in [-0.2, 0) is 0 Å². The van der Waals surface area contributed by atoms with Gasteiger partial charge in [0.1, 0.15) is 0 Å². The smallest absolute Gasteiger partial charge is 0.0781 e. The predicted molar refractivity (Wildman–Crippen MR) is 382 cm³/mol. The topological polar surface area (TPSA) is 18.8 Å². The molecule has 3 heteroatoms. The van der Waals surface area contributed by atoms with Crippen LogP contribution < -0.4 is 9.80 Å². The summed E-state index contributed by atoms with van der Waals surface area (Å²) in [5, 5.41) is 0. The Morgan fingerprint density at radius 3 is 1.52 bits per heavy atom. The molecule has 0 fully saturated rings. The Labute approximate surface area is 528 Å². The van der Waals surface area contributed by atoms with Crippen molar-refractivity contribution in [2.75, 3.05) is 9.80 Å². The fourth-order valence-corrected chi connectivity index (χ4v) is 11.7. The lowest BCUT2D eigenvalue weighted by Gasteiger charge is -2.30. The number of benzene rings is 11. The molecule has 0 amide bonds. The Morgan fingerprint density at radius 1 is 0.438 bits per heavy atom. The average Bonchev–Trinajstić information content (AvgIpc) is 2.22. The Balaban J connectivity index is 0.000000515. The largest absolute Gasteiger partial charge is 0.311 e. The highest BCUT2D eigenvalue weighted by Crippen LogP contribution is 2.44. The van der Waals surface area contributed by atoms with Crippen LogP contribution in [0.4, 0.5) is 39.8 Å². The van der Waals surface area contributed by atoms with Gasteiger partial charge in [-0.1, -0.05) is 284 Å². The third-order valence-corrected chi connectivity index (χ3v) is 16.5. The van der Waals surface area contributed by atoms with E-state index in [1.54, 1.807) is 0 Å². The zero-order valence-electron chi connectivity index (χ0n) is 51.6. The van der Waals surface area contributed by atoms with Crippen LogP contribution in [0.25, 0.3) is 16.7 Å². The molecule has 2 unspecified atom stereocenters. The van der Waals surface area contributed by atoms with Gasteiger partial charge in [-0.15, -0.1) is 0 Å². The quantitative estimate of drug-likeness (QED) is 0.0752. The van der Waals surface area contributed by atoms with Crippen molar-refractivity contribution in [2.24, 2.45) is 4.99 Å². The van der Waals surface area contributed by atoms with E-state index in [9.17, 15) is 0 Å². The Bertz CT molecular complexity index is 4190. The summed E-state index contributed by atoms with van der Waals surface area (Å²) in [7, 11) is 0. The molecule has 2 aliphatic carbocycles. The molecule has 0 heterocycles. The van der Waals surface area contributed by atoms with Gasteiger partial charge in [0, 0.05) is 57.1 Å². The summed E-state index contributed by atoms with van der Waals surface area (Å²) in [5.74, 6) is 0.209. The molecule has 13 rings (SSSR count). The van der Waals surface area contributed by atoms with Gasteiger partial charge in [-0.2, -0.15) is 0 Å². The molecule has 0 bridgehead atoms. The van der Waals surface area contributed by atoms with E-state index in [2.05, 4.69) is 353 Å². The second-order valence-corrected chi connectivity index (χ2v) is 22.8. The molecule has 3 nitrogen and oxygen atoms in total. The van der Waals surface area contributed by atoms with E-state index in [1.165, 1.54) is 68.6 Å². The van der Waals surface area contributed by atoms with Crippen LogP contribution in [0.5, 0.6) is 0 Å². The fourth-order valence-electron chi connectivity index (χ4n) is 11.7. The normalized spacial score (nSPS) is 13.6. The third kappa shape index (κ3) is 15.2. The lowest BCUT2D eigenvalue weighted by molar-refractivity contribution is 0.852. The molecule has 89 heavy (non-hydrogen) atoms. The van der Waals surface area contributed by atoms with Crippen molar-refractivity contribution < 1.29 is 0 Å². The van der Waals surface area contributed by atoms with E-state index < -0.39 is 0 Å². The predicted octanol–water partition coefficient (Wildman–Crippen LogP) is 23.8. The van der Waals surface area contributed by atoms with Crippen molar-refractivity contribution in [1.29, 1.82) is 0 Å². The molecule has 0 saturated carbocycles. The SMILES string of the molecule is C=C(C(=Nc1ccccc1C)c1ccc(C(c2ccc(N(c3ccccc3)c3ccccc3)cc2)c2ccccc2-c2ccccc2)cc1)c1ccc(N(c2ccc(C)cc2)c2ccccc2C2C=CC=CC2)cc1.CC1=CCCC=C1.Cc1ccccc1. The van der Waals surface area contributed by atoms with Gasteiger partial charge in [0.15, 0.2) is 0 Å². The zero-order valence-corrected chi connectivity index (χ0v) is 51.6. The first kappa shape index (κ1) is 60.1. The van der Waals surface area contributed by atoms with Crippen LogP contribution in [-0.4, -0.2) is 5.71 Å². The van der Waals surface area contributed by atoms with Crippen molar-refractivity contribution in [3.63, 3.8) is 0 Å². The summed E-state index contributed by atoms with van der Waals surface area (Å²) in [6.45, 7) is 13.3. The summed E-state index contributed by atoms with van der Waals surface area (Å²) < 4.78 is 0. The minimum absolute atomic E-state index is 0.0777. The number of rotatable bonds is 15. The van der Waals surface area contributed by atoms with Gasteiger partial charge in [0.05, 0.1) is 11.4 Å². The van der Waals surface area contributed by atoms with E-state index in [0.717, 1.165) is 68.5 Å². The van der Waals surface area contributed by atoms with Crippen LogP contribution >= 0.6 is 0 Å². The van der Waals surface area contributed by atoms with Crippen LogP contribution in [0.3, 0.4) is 0 Å². The van der Waals surface area contributed by atoms with E-state index in [-0.39, 0.29) is 11.8 Å². The van der Waals surface area contributed by atoms with Gasteiger partial charge in [-0.3, -0.25) is 0 Å². The van der Waals surface area contributed by atoms with Crippen LogP contribution in [0.15, 0.2) is 351 Å². The van der Waals surface area contributed by atoms with Crippen molar-refractivity contribution in [2.45, 2.75) is 58.8 Å². The molecule has 11 aromatic carbocycles. The summed E-state index contributed by atoms with van der Waals surface area (Å²) in [6, 6.07) is 104. The van der Waals surface area contributed by atoms with Crippen LogP contribution in [0.1, 0.15) is 88.1 Å². The zero-order chi connectivity index (χ0) is 61.2. The maximum atomic E-state index is 5.44. The molecule has 0 radical (unpaired) electrons. The fraction of sp³-hybridized carbons (Fsp3) is 0.105. The molecule has 2 aliphatic rings. The van der Waals surface area contributed by atoms with Crippen molar-refractivity contribution >= 4 is 51.1 Å². The summed E-state index contributed by atoms with van der Waals surface area (Å²) in [6.07, 6.45) is 19.0. The molecule has 0 aliphatic heterocycles. The summed E-state index contributed by atoms with van der Waals surface area (Å²) in [4.78, 5) is 10.1. The van der Waals surface area contributed by atoms with Gasteiger partial charge in [-0.05, 0) is 164 Å². The number of allylic oxidation sites excluding steroid dienone is 9. The van der Waals surface area contributed by atoms with Crippen molar-refractivity contribution in [1.82, 2.24) is 0 Å². The van der Waals surface area contributed by atoms with E-state index in [4.69, 9.17) is 11.6 Å². The van der Waals surface area contributed by atoms with E-state index in [1.807, 2.05) is 18.2 Å². The van der Waals surface area contributed by atoms with Crippen molar-refractivity contribution in [3.8, 4) is 11.1 Å². The lowest BCUT2D eigenvalue weighted by Crippen LogP contribution is -2.14. The highest BCUT2D eigenvalue weighted by Gasteiger charge is 2.24.